The first-order chi connectivity index (χ1) is 14.5. The summed E-state index contributed by atoms with van der Waals surface area (Å²) in [6.07, 6.45) is 1.63. The standard InChI is InChI=1S/C24H30N2O4Si/c1-23(2,3)30-22(28)26-20-17(13-10-14-25-20)19-18(15-24(19,26)21(27)29-4)31(5,6)16-11-8-7-9-12-16/h7-14,18-19H,15H2,1-6H3/t18-,19?,24-/m1/s1. The van der Waals surface area contributed by atoms with Gasteiger partial charge in [0.1, 0.15) is 11.4 Å². The van der Waals surface area contributed by atoms with Gasteiger partial charge in [-0.1, -0.05) is 54.7 Å². The van der Waals surface area contributed by atoms with E-state index < -0.39 is 31.3 Å². The van der Waals surface area contributed by atoms with Crippen molar-refractivity contribution in [3.05, 3.63) is 54.2 Å². The zero-order valence-electron chi connectivity index (χ0n) is 19.0. The Kier molecular flexibility index (Phi) is 5.00. The van der Waals surface area contributed by atoms with Crippen molar-refractivity contribution in [2.24, 2.45) is 0 Å². The van der Waals surface area contributed by atoms with Crippen LogP contribution in [0.3, 0.4) is 0 Å². The number of fused-ring (bicyclic) bond motifs is 3. The van der Waals surface area contributed by atoms with Crippen molar-refractivity contribution < 1.29 is 19.1 Å². The molecule has 2 aromatic rings. The van der Waals surface area contributed by atoms with Crippen LogP contribution in [0.5, 0.6) is 0 Å². The summed E-state index contributed by atoms with van der Waals surface area (Å²) in [5.74, 6) is -0.0685. The van der Waals surface area contributed by atoms with E-state index in [-0.39, 0.29) is 11.5 Å². The fourth-order valence-electron chi connectivity index (χ4n) is 5.27. The molecule has 0 spiro atoms. The van der Waals surface area contributed by atoms with Crippen LogP contribution in [0.25, 0.3) is 0 Å². The summed E-state index contributed by atoms with van der Waals surface area (Å²) in [5.41, 5.74) is -0.629. The predicted molar refractivity (Wildman–Crippen MR) is 122 cm³/mol. The molecule has 1 aliphatic carbocycles. The summed E-state index contributed by atoms with van der Waals surface area (Å²) in [5, 5.41) is 1.33. The van der Waals surface area contributed by atoms with Gasteiger partial charge in [-0.05, 0) is 38.8 Å². The first-order valence-electron chi connectivity index (χ1n) is 10.7. The van der Waals surface area contributed by atoms with Crippen molar-refractivity contribution >= 4 is 31.1 Å². The van der Waals surface area contributed by atoms with Crippen molar-refractivity contribution in [3.63, 3.8) is 0 Å². The van der Waals surface area contributed by atoms with Crippen LogP contribution < -0.4 is 10.1 Å². The van der Waals surface area contributed by atoms with Crippen molar-refractivity contribution in [2.45, 2.75) is 62.9 Å². The smallest absolute Gasteiger partial charge is 0.417 e. The zero-order chi connectivity index (χ0) is 22.6. The first-order valence-corrected chi connectivity index (χ1v) is 13.7. The van der Waals surface area contributed by atoms with Gasteiger partial charge < -0.3 is 9.47 Å². The van der Waals surface area contributed by atoms with Gasteiger partial charge in [-0.25, -0.2) is 19.5 Å². The maximum Gasteiger partial charge on any atom is 0.417 e. The molecule has 7 heteroatoms. The van der Waals surface area contributed by atoms with Crippen LogP contribution >= 0.6 is 0 Å². The van der Waals surface area contributed by atoms with Crippen LogP contribution in [0.2, 0.25) is 18.6 Å². The largest absolute Gasteiger partial charge is 0.467 e. The monoisotopic (exact) mass is 438 g/mol. The summed E-state index contributed by atoms with van der Waals surface area (Å²) < 4.78 is 11.0. The topological polar surface area (TPSA) is 68.7 Å². The normalized spacial score (nSPS) is 24.6. The molecule has 2 aliphatic rings. The molecule has 1 aromatic heterocycles. The summed E-state index contributed by atoms with van der Waals surface area (Å²) in [4.78, 5) is 32.6. The molecule has 1 aromatic carbocycles. The highest BCUT2D eigenvalue weighted by Gasteiger charge is 2.73. The molecule has 1 saturated carbocycles. The third kappa shape index (κ3) is 3.17. The number of rotatable bonds is 3. The molecule has 31 heavy (non-hydrogen) atoms. The van der Waals surface area contributed by atoms with E-state index in [2.05, 4.69) is 42.3 Å². The maximum atomic E-state index is 13.3. The predicted octanol–water partition coefficient (Wildman–Crippen LogP) is 4.22. The van der Waals surface area contributed by atoms with Gasteiger partial charge >= 0.3 is 12.1 Å². The molecule has 6 nitrogen and oxygen atoms in total. The number of carbonyl (C=O) groups is 2. The SMILES string of the molecule is COC(=O)[C@@]12C[C@@H]([Si](C)(C)c3ccccc3)C1c1cccnc1N2C(=O)OC(C)(C)C. The second-order valence-corrected chi connectivity index (χ2v) is 14.8. The Morgan fingerprint density at radius 3 is 2.42 bits per heavy atom. The quantitative estimate of drug-likeness (QED) is 0.530. The fourth-order valence-corrected chi connectivity index (χ4v) is 8.86. The number of anilines is 1. The Hall–Kier alpha value is -2.67. The Bertz CT molecular complexity index is 1020. The lowest BCUT2D eigenvalue weighted by Gasteiger charge is -2.56. The maximum absolute atomic E-state index is 13.3. The molecule has 3 atom stereocenters. The van der Waals surface area contributed by atoms with Crippen molar-refractivity contribution in [1.82, 2.24) is 4.98 Å². The van der Waals surface area contributed by atoms with E-state index in [0.717, 1.165) is 5.56 Å². The van der Waals surface area contributed by atoms with Crippen molar-refractivity contribution in [3.8, 4) is 0 Å². The molecule has 4 rings (SSSR count). The average Bonchev–Trinajstić information content (AvgIpc) is 2.91. The summed E-state index contributed by atoms with van der Waals surface area (Å²) in [6.45, 7) is 10.1. The van der Waals surface area contributed by atoms with Gasteiger partial charge in [-0.3, -0.25) is 0 Å². The number of hydrogen-bond donors (Lipinski definition) is 0. The minimum absolute atomic E-state index is 0.168. The Labute approximate surface area is 184 Å². The van der Waals surface area contributed by atoms with Crippen LogP contribution in [-0.4, -0.2) is 43.4 Å². The molecular formula is C24H30N2O4Si. The Morgan fingerprint density at radius 1 is 1.13 bits per heavy atom. The highest BCUT2D eigenvalue weighted by Crippen LogP contribution is 2.67. The van der Waals surface area contributed by atoms with E-state index in [1.54, 1.807) is 6.20 Å². The first kappa shape index (κ1) is 21.6. The Balaban J connectivity index is 1.84. The van der Waals surface area contributed by atoms with E-state index >= 15 is 0 Å². The number of ether oxygens (including phenoxy) is 2. The minimum Gasteiger partial charge on any atom is -0.467 e. The zero-order valence-corrected chi connectivity index (χ0v) is 20.0. The molecule has 1 fully saturated rings. The summed E-state index contributed by atoms with van der Waals surface area (Å²) in [7, 11) is -0.602. The van der Waals surface area contributed by atoms with Gasteiger partial charge in [-0.15, -0.1) is 0 Å². The molecule has 0 bridgehead atoms. The van der Waals surface area contributed by atoms with Gasteiger partial charge in [0.15, 0.2) is 5.54 Å². The number of benzene rings is 1. The van der Waals surface area contributed by atoms with E-state index in [4.69, 9.17) is 9.47 Å². The number of pyridine rings is 1. The second-order valence-electron chi connectivity index (χ2n) is 10.0. The molecule has 164 valence electrons. The van der Waals surface area contributed by atoms with E-state index in [1.165, 1.54) is 17.2 Å². The highest BCUT2D eigenvalue weighted by molar-refractivity contribution is 6.91. The van der Waals surface area contributed by atoms with Crippen LogP contribution in [-0.2, 0) is 14.3 Å². The van der Waals surface area contributed by atoms with Crippen LogP contribution in [0.4, 0.5) is 10.6 Å². The van der Waals surface area contributed by atoms with Crippen molar-refractivity contribution in [2.75, 3.05) is 12.0 Å². The number of hydrogen-bond acceptors (Lipinski definition) is 5. The molecular weight excluding hydrogens is 408 g/mol. The highest BCUT2D eigenvalue weighted by atomic mass is 28.3. The molecule has 1 aliphatic heterocycles. The molecule has 0 saturated heterocycles. The number of methoxy groups -OCH3 is 1. The lowest BCUT2D eigenvalue weighted by molar-refractivity contribution is -0.151. The average molecular weight is 439 g/mol. The van der Waals surface area contributed by atoms with E-state index in [1.807, 2.05) is 39.0 Å². The number of nitrogens with zero attached hydrogens (tertiary/aromatic N) is 2. The van der Waals surface area contributed by atoms with E-state index in [0.29, 0.717) is 12.2 Å². The summed E-state index contributed by atoms with van der Waals surface area (Å²) in [6, 6.07) is 14.3. The third-order valence-electron chi connectivity index (χ3n) is 6.77. The molecule has 1 unspecified atom stereocenters. The lowest BCUT2D eigenvalue weighted by atomic mass is 9.65. The van der Waals surface area contributed by atoms with Gasteiger partial charge in [0, 0.05) is 17.7 Å². The van der Waals surface area contributed by atoms with Gasteiger partial charge in [-0.2, -0.15) is 0 Å². The van der Waals surface area contributed by atoms with Gasteiger partial charge in [0.2, 0.25) is 0 Å². The summed E-state index contributed by atoms with van der Waals surface area (Å²) >= 11 is 0. The van der Waals surface area contributed by atoms with Crippen LogP contribution in [0.1, 0.15) is 38.7 Å². The van der Waals surface area contributed by atoms with Crippen LogP contribution in [0.15, 0.2) is 48.7 Å². The molecule has 0 radical (unpaired) electrons. The lowest BCUT2D eigenvalue weighted by Crippen LogP contribution is -2.70. The molecule has 2 heterocycles. The van der Waals surface area contributed by atoms with Gasteiger partial charge in [0.25, 0.3) is 0 Å². The van der Waals surface area contributed by atoms with E-state index in [9.17, 15) is 9.59 Å². The number of amides is 1. The molecule has 1 amide bonds. The van der Waals surface area contributed by atoms with Crippen LogP contribution in [0, 0.1) is 0 Å². The number of carbonyl (C=O) groups excluding carboxylic acids is 2. The third-order valence-corrected chi connectivity index (χ3v) is 11.0. The number of esters is 1. The second kappa shape index (κ2) is 7.19. The fraction of sp³-hybridized carbons (Fsp3) is 0.458. The number of aromatic nitrogens is 1. The Morgan fingerprint density at radius 2 is 1.81 bits per heavy atom. The molecule has 0 N–H and O–H groups in total. The van der Waals surface area contributed by atoms with Gasteiger partial charge in [0.05, 0.1) is 15.2 Å². The minimum atomic E-state index is -1.98. The van der Waals surface area contributed by atoms with Crippen molar-refractivity contribution in [1.29, 1.82) is 0 Å².